The van der Waals surface area contributed by atoms with Gasteiger partial charge in [-0.3, -0.25) is 0 Å². The standard InChI is InChI=1S/C14H20N2O/c1-2-11-15-14(17)16-12-7-6-10-13-8-4-3-5-9-13/h2-5,8-9H,1,6-7,10-12H2,(H2,15,16,17). The maximum Gasteiger partial charge on any atom is 0.315 e. The molecule has 0 aliphatic heterocycles. The lowest BCUT2D eigenvalue weighted by Gasteiger charge is -2.05. The molecule has 17 heavy (non-hydrogen) atoms. The van der Waals surface area contributed by atoms with Crippen LogP contribution in [0.3, 0.4) is 0 Å². The fourth-order valence-corrected chi connectivity index (χ4v) is 1.53. The number of hydrogen-bond donors (Lipinski definition) is 2. The van der Waals surface area contributed by atoms with Gasteiger partial charge in [0.1, 0.15) is 0 Å². The average Bonchev–Trinajstić information content (AvgIpc) is 2.37. The minimum atomic E-state index is -0.121. The Balaban J connectivity index is 2.01. The summed E-state index contributed by atoms with van der Waals surface area (Å²) in [6, 6.07) is 10.3. The Morgan fingerprint density at radius 2 is 1.94 bits per heavy atom. The highest BCUT2D eigenvalue weighted by molar-refractivity contribution is 5.73. The number of aryl methyl sites for hydroxylation is 1. The number of carbonyl (C=O) groups is 1. The summed E-state index contributed by atoms with van der Waals surface area (Å²) >= 11 is 0. The Kier molecular flexibility index (Phi) is 6.56. The molecule has 0 fully saturated rings. The number of benzene rings is 1. The number of rotatable bonds is 7. The molecule has 0 spiro atoms. The van der Waals surface area contributed by atoms with Crippen molar-refractivity contribution in [1.29, 1.82) is 0 Å². The van der Waals surface area contributed by atoms with Crippen molar-refractivity contribution >= 4 is 6.03 Å². The van der Waals surface area contributed by atoms with Gasteiger partial charge in [-0.05, 0) is 24.8 Å². The van der Waals surface area contributed by atoms with Crippen LogP contribution in [0.25, 0.3) is 0 Å². The monoisotopic (exact) mass is 232 g/mol. The van der Waals surface area contributed by atoms with Gasteiger partial charge in [0.25, 0.3) is 0 Å². The molecule has 0 saturated heterocycles. The van der Waals surface area contributed by atoms with Gasteiger partial charge in [0.2, 0.25) is 0 Å². The molecule has 1 rings (SSSR count). The molecule has 0 saturated carbocycles. The predicted molar refractivity (Wildman–Crippen MR) is 71.0 cm³/mol. The predicted octanol–water partition coefficient (Wildman–Crippen LogP) is 2.49. The summed E-state index contributed by atoms with van der Waals surface area (Å²) in [5, 5.41) is 5.48. The van der Waals surface area contributed by atoms with Crippen LogP contribution < -0.4 is 10.6 Å². The van der Waals surface area contributed by atoms with Crippen molar-refractivity contribution in [3.05, 3.63) is 48.6 Å². The molecule has 3 heteroatoms. The van der Waals surface area contributed by atoms with Crippen molar-refractivity contribution < 1.29 is 4.79 Å². The fourth-order valence-electron chi connectivity index (χ4n) is 1.53. The van der Waals surface area contributed by atoms with E-state index in [0.717, 1.165) is 25.8 Å². The van der Waals surface area contributed by atoms with Crippen LogP contribution in [0.4, 0.5) is 4.79 Å². The van der Waals surface area contributed by atoms with Crippen molar-refractivity contribution in [2.24, 2.45) is 0 Å². The molecule has 92 valence electrons. The summed E-state index contributed by atoms with van der Waals surface area (Å²) in [6.07, 6.45) is 4.81. The first-order valence-corrected chi connectivity index (χ1v) is 5.99. The number of urea groups is 1. The van der Waals surface area contributed by atoms with Gasteiger partial charge in [-0.1, -0.05) is 36.4 Å². The quantitative estimate of drug-likeness (QED) is 0.550. The Morgan fingerprint density at radius 1 is 1.18 bits per heavy atom. The second-order valence-corrected chi connectivity index (χ2v) is 3.87. The van der Waals surface area contributed by atoms with Gasteiger partial charge >= 0.3 is 6.03 Å². The van der Waals surface area contributed by atoms with Gasteiger partial charge in [0.15, 0.2) is 0 Å². The van der Waals surface area contributed by atoms with E-state index in [-0.39, 0.29) is 6.03 Å². The number of carbonyl (C=O) groups excluding carboxylic acids is 1. The third-order valence-corrected chi connectivity index (χ3v) is 2.43. The molecule has 0 unspecified atom stereocenters. The number of unbranched alkanes of at least 4 members (excludes halogenated alkanes) is 1. The molecule has 0 heterocycles. The Labute approximate surface area is 103 Å². The van der Waals surface area contributed by atoms with E-state index in [2.05, 4.69) is 41.5 Å². The molecule has 0 aromatic heterocycles. The summed E-state index contributed by atoms with van der Waals surface area (Å²) in [6.45, 7) is 4.76. The zero-order valence-corrected chi connectivity index (χ0v) is 10.1. The van der Waals surface area contributed by atoms with Gasteiger partial charge in [-0.2, -0.15) is 0 Å². The van der Waals surface area contributed by atoms with Gasteiger partial charge in [-0.15, -0.1) is 6.58 Å². The molecule has 0 radical (unpaired) electrons. The van der Waals surface area contributed by atoms with E-state index in [0.29, 0.717) is 6.54 Å². The third kappa shape index (κ3) is 6.40. The van der Waals surface area contributed by atoms with Gasteiger partial charge < -0.3 is 10.6 Å². The SMILES string of the molecule is C=CCNC(=O)NCCCCc1ccccc1. The van der Waals surface area contributed by atoms with Crippen molar-refractivity contribution in [3.63, 3.8) is 0 Å². The largest absolute Gasteiger partial charge is 0.338 e. The van der Waals surface area contributed by atoms with Crippen molar-refractivity contribution in [3.8, 4) is 0 Å². The Hall–Kier alpha value is -1.77. The first-order valence-electron chi connectivity index (χ1n) is 5.99. The highest BCUT2D eigenvalue weighted by Gasteiger charge is 1.97. The molecule has 2 N–H and O–H groups in total. The maximum atomic E-state index is 11.2. The van der Waals surface area contributed by atoms with E-state index in [4.69, 9.17) is 0 Å². The van der Waals surface area contributed by atoms with Gasteiger partial charge in [-0.25, -0.2) is 4.79 Å². The van der Waals surface area contributed by atoms with E-state index in [1.54, 1.807) is 6.08 Å². The summed E-state index contributed by atoms with van der Waals surface area (Å²) < 4.78 is 0. The lowest BCUT2D eigenvalue weighted by Crippen LogP contribution is -2.35. The summed E-state index contributed by atoms with van der Waals surface area (Å²) in [5.74, 6) is 0. The maximum absolute atomic E-state index is 11.2. The minimum Gasteiger partial charge on any atom is -0.338 e. The molecule has 0 aliphatic carbocycles. The summed E-state index contributed by atoms with van der Waals surface area (Å²) in [4.78, 5) is 11.2. The number of amides is 2. The molecular weight excluding hydrogens is 212 g/mol. The normalized spacial score (nSPS) is 9.65. The zero-order chi connectivity index (χ0) is 12.3. The minimum absolute atomic E-state index is 0.121. The smallest absolute Gasteiger partial charge is 0.315 e. The Morgan fingerprint density at radius 3 is 2.65 bits per heavy atom. The van der Waals surface area contributed by atoms with E-state index in [1.807, 2.05) is 6.07 Å². The van der Waals surface area contributed by atoms with Crippen LogP contribution in [0.15, 0.2) is 43.0 Å². The average molecular weight is 232 g/mol. The second-order valence-electron chi connectivity index (χ2n) is 3.87. The van der Waals surface area contributed by atoms with Crippen LogP contribution >= 0.6 is 0 Å². The van der Waals surface area contributed by atoms with Gasteiger partial charge in [0.05, 0.1) is 0 Å². The number of nitrogens with one attached hydrogen (secondary N) is 2. The lowest BCUT2D eigenvalue weighted by molar-refractivity contribution is 0.241. The number of hydrogen-bond acceptors (Lipinski definition) is 1. The fraction of sp³-hybridized carbons (Fsp3) is 0.357. The van der Waals surface area contributed by atoms with Crippen LogP contribution in [0.1, 0.15) is 18.4 Å². The molecular formula is C14H20N2O. The topological polar surface area (TPSA) is 41.1 Å². The first kappa shape index (κ1) is 13.3. The van der Waals surface area contributed by atoms with Crippen LogP contribution in [0, 0.1) is 0 Å². The van der Waals surface area contributed by atoms with E-state index in [1.165, 1.54) is 5.56 Å². The van der Waals surface area contributed by atoms with Crippen molar-refractivity contribution in [2.45, 2.75) is 19.3 Å². The second kappa shape index (κ2) is 8.39. The summed E-state index contributed by atoms with van der Waals surface area (Å²) in [7, 11) is 0. The van der Waals surface area contributed by atoms with Crippen LogP contribution in [-0.2, 0) is 6.42 Å². The molecule has 0 aliphatic rings. The highest BCUT2D eigenvalue weighted by atomic mass is 16.2. The van der Waals surface area contributed by atoms with Crippen molar-refractivity contribution in [1.82, 2.24) is 10.6 Å². The molecule has 1 aromatic rings. The van der Waals surface area contributed by atoms with E-state index < -0.39 is 0 Å². The van der Waals surface area contributed by atoms with Crippen LogP contribution in [-0.4, -0.2) is 19.1 Å². The summed E-state index contributed by atoms with van der Waals surface area (Å²) in [5.41, 5.74) is 1.35. The van der Waals surface area contributed by atoms with Crippen LogP contribution in [0.5, 0.6) is 0 Å². The van der Waals surface area contributed by atoms with E-state index in [9.17, 15) is 4.79 Å². The zero-order valence-electron chi connectivity index (χ0n) is 10.1. The van der Waals surface area contributed by atoms with Gasteiger partial charge in [0, 0.05) is 13.1 Å². The van der Waals surface area contributed by atoms with Crippen molar-refractivity contribution in [2.75, 3.05) is 13.1 Å². The Bertz CT molecular complexity index is 335. The molecule has 2 amide bonds. The highest BCUT2D eigenvalue weighted by Crippen LogP contribution is 2.03. The molecule has 3 nitrogen and oxygen atoms in total. The molecule has 1 aromatic carbocycles. The third-order valence-electron chi connectivity index (χ3n) is 2.43. The van der Waals surface area contributed by atoms with E-state index >= 15 is 0 Å². The molecule has 0 atom stereocenters. The first-order chi connectivity index (χ1) is 8.33. The lowest BCUT2D eigenvalue weighted by atomic mass is 10.1. The molecule has 0 bridgehead atoms. The van der Waals surface area contributed by atoms with Crippen LogP contribution in [0.2, 0.25) is 0 Å².